The lowest BCUT2D eigenvalue weighted by molar-refractivity contribution is -0.126. The second-order valence-corrected chi connectivity index (χ2v) is 12.0. The predicted molar refractivity (Wildman–Crippen MR) is 165 cm³/mol. The molecular weight excluding hydrogens is 574 g/mol. The molecule has 2 aromatic carbocycles. The normalized spacial score (nSPS) is 18.0. The molecule has 1 aliphatic carbocycles. The maximum atomic E-state index is 14.5. The van der Waals surface area contributed by atoms with Gasteiger partial charge in [0, 0.05) is 61.4 Å². The first-order chi connectivity index (χ1) is 20.8. The molecule has 0 atom stereocenters. The zero-order chi connectivity index (χ0) is 30.1. The predicted octanol–water partition coefficient (Wildman–Crippen LogP) is 5.02. The van der Waals surface area contributed by atoms with Crippen molar-refractivity contribution in [2.45, 2.75) is 37.8 Å². The van der Waals surface area contributed by atoms with Crippen LogP contribution < -0.4 is 14.5 Å². The molecule has 1 saturated heterocycles. The first kappa shape index (κ1) is 29.6. The third-order valence-electron chi connectivity index (χ3n) is 9.34. The Hall–Kier alpha value is -3.50. The fourth-order valence-electron chi connectivity index (χ4n) is 6.46. The van der Waals surface area contributed by atoms with Gasteiger partial charge in [-0.15, -0.1) is 0 Å². The molecule has 43 heavy (non-hydrogen) atoms. The lowest BCUT2D eigenvalue weighted by Gasteiger charge is -2.46. The summed E-state index contributed by atoms with van der Waals surface area (Å²) < 4.78 is 34.4. The third kappa shape index (κ3) is 5.62. The Morgan fingerprint density at radius 2 is 1.93 bits per heavy atom. The Kier molecular flexibility index (Phi) is 8.42. The first-order valence-electron chi connectivity index (χ1n) is 14.9. The van der Waals surface area contributed by atoms with Crippen LogP contribution in [0, 0.1) is 5.82 Å². The number of rotatable bonds is 9. The summed E-state index contributed by atoms with van der Waals surface area (Å²) in [5, 5.41) is 1.66. The van der Waals surface area contributed by atoms with Gasteiger partial charge >= 0.3 is 6.01 Å². The van der Waals surface area contributed by atoms with Gasteiger partial charge in [0.15, 0.2) is 0 Å². The van der Waals surface area contributed by atoms with Crippen LogP contribution in [0.5, 0.6) is 6.01 Å². The number of amides is 1. The summed E-state index contributed by atoms with van der Waals surface area (Å²) in [6, 6.07) is 9.26. The fraction of sp³-hybridized carbons (Fsp3) is 0.469. The van der Waals surface area contributed by atoms with E-state index in [2.05, 4.69) is 21.3 Å². The minimum absolute atomic E-state index is 0.0733. The molecule has 3 aromatic rings. The number of benzene rings is 2. The van der Waals surface area contributed by atoms with Gasteiger partial charge in [0.2, 0.25) is 5.91 Å². The number of hydrogen-bond donors (Lipinski definition) is 0. The van der Waals surface area contributed by atoms with E-state index in [4.69, 9.17) is 26.3 Å². The molecule has 1 aromatic heterocycles. The quantitative estimate of drug-likeness (QED) is 0.315. The summed E-state index contributed by atoms with van der Waals surface area (Å²) in [5.74, 6) is 0.297. The molecule has 8 nitrogen and oxygen atoms in total. The molecule has 6 rings (SSSR count). The molecule has 3 aliphatic rings. The zero-order valence-electron chi connectivity index (χ0n) is 24.5. The van der Waals surface area contributed by atoms with Crippen molar-refractivity contribution in [1.82, 2.24) is 19.8 Å². The number of carbonyl (C=O) groups is 1. The smallest absolute Gasteiger partial charge is 0.318 e. The van der Waals surface area contributed by atoms with E-state index in [1.54, 1.807) is 11.0 Å². The number of piperazine rings is 1. The summed E-state index contributed by atoms with van der Waals surface area (Å²) in [4.78, 5) is 30.1. The summed E-state index contributed by atoms with van der Waals surface area (Å²) in [6.45, 7) is 7.72. The molecule has 3 heterocycles. The van der Waals surface area contributed by atoms with E-state index in [0.717, 1.165) is 47.4 Å². The van der Waals surface area contributed by atoms with Gasteiger partial charge in [0.05, 0.1) is 17.3 Å². The topological polar surface area (TPSA) is 65.0 Å². The van der Waals surface area contributed by atoms with Crippen molar-refractivity contribution in [1.29, 1.82) is 0 Å². The number of carbonyl (C=O) groups excluding carboxylic acids is 1. The van der Waals surface area contributed by atoms with Crippen LogP contribution in [0.15, 0.2) is 43.0 Å². The van der Waals surface area contributed by atoms with Crippen LogP contribution in [-0.4, -0.2) is 90.8 Å². The lowest BCUT2D eigenvalue weighted by Crippen LogP contribution is -2.54. The van der Waals surface area contributed by atoms with Gasteiger partial charge in [-0.1, -0.05) is 36.4 Å². The van der Waals surface area contributed by atoms with E-state index < -0.39 is 5.82 Å². The molecule has 0 spiro atoms. The van der Waals surface area contributed by atoms with Crippen LogP contribution in [-0.2, 0) is 17.8 Å². The monoisotopic (exact) mass is 610 g/mol. The number of ether oxygens (including phenoxy) is 1. The molecule has 0 N–H and O–H groups in total. The number of aromatic nitrogens is 2. The summed E-state index contributed by atoms with van der Waals surface area (Å²) in [5.41, 5.74) is 2.36. The minimum atomic E-state index is -0.449. The maximum Gasteiger partial charge on any atom is 0.318 e. The van der Waals surface area contributed by atoms with Crippen molar-refractivity contribution in [2.75, 3.05) is 69.4 Å². The molecule has 1 amide bonds. The third-order valence-corrected chi connectivity index (χ3v) is 9.71. The summed E-state index contributed by atoms with van der Waals surface area (Å²) in [7, 11) is 1.95. The Bertz CT molecular complexity index is 1520. The molecule has 228 valence electrons. The molecular formula is C32H37ClF2N6O2. The minimum Gasteiger partial charge on any atom is -0.462 e. The molecule has 0 radical (unpaired) electrons. The molecule has 11 heteroatoms. The molecule has 1 saturated carbocycles. The number of hydrogen-bond acceptors (Lipinski definition) is 7. The van der Waals surface area contributed by atoms with Crippen LogP contribution in [0.4, 0.5) is 20.3 Å². The first-order valence-corrected chi connectivity index (χ1v) is 15.3. The highest BCUT2D eigenvalue weighted by atomic mass is 35.5. The maximum absolute atomic E-state index is 14.5. The van der Waals surface area contributed by atoms with Crippen molar-refractivity contribution in [2.24, 2.45) is 0 Å². The number of halogens is 3. The van der Waals surface area contributed by atoms with Crippen molar-refractivity contribution in [3.8, 4) is 6.01 Å². The number of fused-ring (bicyclic) bond motifs is 2. The summed E-state index contributed by atoms with van der Waals surface area (Å²) in [6.07, 6.45) is 4.79. The zero-order valence-corrected chi connectivity index (χ0v) is 25.3. The Balaban J connectivity index is 1.28. The van der Waals surface area contributed by atoms with E-state index in [1.165, 1.54) is 12.1 Å². The Labute approximate surface area is 255 Å². The highest BCUT2D eigenvalue weighted by molar-refractivity contribution is 6.36. The van der Waals surface area contributed by atoms with E-state index in [-0.39, 0.29) is 29.2 Å². The number of anilines is 2. The van der Waals surface area contributed by atoms with Crippen molar-refractivity contribution in [3.63, 3.8) is 0 Å². The molecule has 0 unspecified atom stereocenters. The van der Waals surface area contributed by atoms with Crippen molar-refractivity contribution >= 4 is 39.8 Å². The largest absolute Gasteiger partial charge is 0.462 e. The van der Waals surface area contributed by atoms with Gasteiger partial charge in [-0.05, 0) is 56.3 Å². The van der Waals surface area contributed by atoms with Crippen LogP contribution in [0.25, 0.3) is 10.8 Å². The van der Waals surface area contributed by atoms with Crippen LogP contribution >= 0.6 is 11.6 Å². The van der Waals surface area contributed by atoms with Crippen molar-refractivity contribution in [3.05, 3.63) is 65.1 Å². The van der Waals surface area contributed by atoms with Crippen LogP contribution in [0.2, 0.25) is 5.02 Å². The fourth-order valence-corrected chi connectivity index (χ4v) is 6.72. The van der Waals surface area contributed by atoms with E-state index in [9.17, 15) is 13.6 Å². The van der Waals surface area contributed by atoms with Gasteiger partial charge in [-0.3, -0.25) is 9.69 Å². The average molecular weight is 611 g/mol. The second kappa shape index (κ2) is 12.2. The van der Waals surface area contributed by atoms with Gasteiger partial charge in [0.25, 0.3) is 0 Å². The number of alkyl halides is 1. The van der Waals surface area contributed by atoms with Gasteiger partial charge in [-0.2, -0.15) is 9.97 Å². The van der Waals surface area contributed by atoms with Crippen LogP contribution in [0.1, 0.15) is 30.5 Å². The van der Waals surface area contributed by atoms with E-state index >= 15 is 0 Å². The number of likely N-dealkylation sites (N-methyl/N-ethyl adjacent to an activating group) is 1. The molecule has 0 bridgehead atoms. The average Bonchev–Trinajstić information content (AvgIpc) is 3.01. The van der Waals surface area contributed by atoms with Crippen LogP contribution in [0.3, 0.4) is 0 Å². The highest BCUT2D eigenvalue weighted by Gasteiger charge is 2.40. The summed E-state index contributed by atoms with van der Waals surface area (Å²) >= 11 is 6.47. The highest BCUT2D eigenvalue weighted by Crippen LogP contribution is 2.39. The Morgan fingerprint density at radius 1 is 1.14 bits per heavy atom. The van der Waals surface area contributed by atoms with Gasteiger partial charge in [0.1, 0.15) is 24.9 Å². The molecule has 2 fully saturated rings. The second-order valence-electron chi connectivity index (χ2n) is 11.7. The SMILES string of the molecule is C=CC(=O)N1CCN(c2nc(OCCN(C)C3(CF)CCC3)nc3c2CCN(c2cccc4ccc(F)c(Cl)c24)C3)CC1. The van der Waals surface area contributed by atoms with Gasteiger partial charge < -0.3 is 19.4 Å². The van der Waals surface area contributed by atoms with E-state index in [1.807, 2.05) is 25.2 Å². The standard InChI is InChI=1S/C32H37ClF2N6O2/c1-3-27(42)39-14-16-40(17-15-39)30-23-10-13-41(26-7-4-6-22-8-9-24(35)29(33)28(22)26)20-25(23)36-31(37-30)43-19-18-38(2)32(21-34)11-5-12-32/h3-4,6-9H,1,5,10-21H2,2H3. The number of nitrogens with zero attached hydrogens (tertiary/aromatic N) is 6. The van der Waals surface area contributed by atoms with Crippen molar-refractivity contribution < 1.29 is 18.3 Å². The lowest BCUT2D eigenvalue weighted by atomic mass is 9.76. The van der Waals surface area contributed by atoms with Gasteiger partial charge in [-0.25, -0.2) is 8.78 Å². The van der Waals surface area contributed by atoms with E-state index in [0.29, 0.717) is 64.2 Å². The molecule has 2 aliphatic heterocycles. The Morgan fingerprint density at radius 3 is 2.63 bits per heavy atom.